The highest BCUT2D eigenvalue weighted by Crippen LogP contribution is 2.15. The number of fused-ring (bicyclic) bond motifs is 1. The van der Waals surface area contributed by atoms with E-state index in [-0.39, 0.29) is 6.42 Å². The van der Waals surface area contributed by atoms with Crippen LogP contribution in [0.4, 0.5) is 0 Å². The Morgan fingerprint density at radius 1 is 1.29 bits per heavy atom. The van der Waals surface area contributed by atoms with Gasteiger partial charge in [0.05, 0.1) is 12.5 Å². The maximum atomic E-state index is 8.36. The van der Waals surface area contributed by atoms with Crippen molar-refractivity contribution in [3.63, 3.8) is 0 Å². The van der Waals surface area contributed by atoms with Crippen LogP contribution in [0.25, 0.3) is 10.9 Å². The molecule has 0 atom stereocenters. The molecule has 66 valence electrons. The van der Waals surface area contributed by atoms with Crippen LogP contribution < -0.4 is 0 Å². The Morgan fingerprint density at radius 3 is 3.07 bits per heavy atom. The van der Waals surface area contributed by atoms with E-state index in [1.807, 2.05) is 36.5 Å². The lowest BCUT2D eigenvalue weighted by Gasteiger charge is -1.92. The number of aromatic nitrogens is 1. The van der Waals surface area contributed by atoms with E-state index < -0.39 is 0 Å². The van der Waals surface area contributed by atoms with Crippen LogP contribution in [0.1, 0.15) is 12.0 Å². The molecule has 1 aromatic carbocycles. The van der Waals surface area contributed by atoms with Gasteiger partial charge >= 0.3 is 0 Å². The van der Waals surface area contributed by atoms with Crippen molar-refractivity contribution in [2.24, 2.45) is 0 Å². The molecule has 0 unspecified atom stereocenters. The van der Waals surface area contributed by atoms with Crippen molar-refractivity contribution in [3.05, 3.63) is 36.0 Å². The molecule has 2 aromatic rings. The zero-order valence-corrected chi connectivity index (χ0v) is 7.54. The predicted octanol–water partition coefficient (Wildman–Crippen LogP) is 2.43. The Morgan fingerprint density at radius 2 is 2.21 bits per heavy atom. The molecule has 14 heavy (non-hydrogen) atoms. The Labute approximate surface area is 82.2 Å². The molecule has 1 aromatic heterocycles. The van der Waals surface area contributed by atoms with Crippen LogP contribution in [-0.2, 0) is 0 Å². The molecule has 0 radical (unpaired) electrons. The second-order valence-corrected chi connectivity index (χ2v) is 2.88. The van der Waals surface area contributed by atoms with Crippen LogP contribution in [0.2, 0.25) is 0 Å². The number of aromatic amines is 1. The van der Waals surface area contributed by atoms with Gasteiger partial charge in [0.15, 0.2) is 0 Å². The van der Waals surface area contributed by atoms with Crippen molar-refractivity contribution in [3.8, 4) is 17.9 Å². The lowest BCUT2D eigenvalue weighted by atomic mass is 10.1. The van der Waals surface area contributed by atoms with Gasteiger partial charge in [-0.25, -0.2) is 0 Å². The summed E-state index contributed by atoms with van der Waals surface area (Å²) in [5, 5.41) is 9.47. The summed E-state index contributed by atoms with van der Waals surface area (Å²) in [6.45, 7) is 0. The standard InChI is InChI=1S/C12H8N2/c13-8-2-1-4-10-5-3-6-12-11(10)7-9-14-12/h3,5-7,9,14H,2H2. The number of H-pyrrole nitrogens is 1. The molecular weight excluding hydrogens is 172 g/mol. The quantitative estimate of drug-likeness (QED) is 0.621. The summed E-state index contributed by atoms with van der Waals surface area (Å²) in [6.07, 6.45) is 2.17. The normalized spacial score (nSPS) is 9.07. The molecule has 0 aliphatic carbocycles. The number of nitriles is 1. The van der Waals surface area contributed by atoms with Gasteiger partial charge in [-0.2, -0.15) is 5.26 Å². The predicted molar refractivity (Wildman–Crippen MR) is 55.4 cm³/mol. The van der Waals surface area contributed by atoms with Crippen molar-refractivity contribution < 1.29 is 0 Å². The summed E-state index contributed by atoms with van der Waals surface area (Å²) in [5.74, 6) is 5.79. The molecule has 2 heteroatoms. The second kappa shape index (κ2) is 3.68. The Hall–Kier alpha value is -2.19. The summed E-state index contributed by atoms with van der Waals surface area (Å²) in [4.78, 5) is 3.12. The van der Waals surface area contributed by atoms with Gasteiger partial charge in [-0.05, 0) is 18.2 Å². The third-order valence-corrected chi connectivity index (χ3v) is 1.99. The van der Waals surface area contributed by atoms with Crippen molar-refractivity contribution in [2.45, 2.75) is 6.42 Å². The minimum absolute atomic E-state index is 0.279. The Kier molecular flexibility index (Phi) is 2.21. The van der Waals surface area contributed by atoms with E-state index in [1.54, 1.807) is 0 Å². The third kappa shape index (κ3) is 1.46. The first-order chi connectivity index (χ1) is 6.92. The van der Waals surface area contributed by atoms with Gasteiger partial charge in [-0.15, -0.1) is 0 Å². The molecule has 1 heterocycles. The van der Waals surface area contributed by atoms with Gasteiger partial charge in [0, 0.05) is 22.7 Å². The summed E-state index contributed by atoms with van der Waals surface area (Å²) in [6, 6.07) is 9.91. The maximum absolute atomic E-state index is 8.36. The Balaban J connectivity index is 2.49. The summed E-state index contributed by atoms with van der Waals surface area (Å²) in [7, 11) is 0. The molecule has 0 bridgehead atoms. The number of benzene rings is 1. The Bertz CT molecular complexity index is 547. The topological polar surface area (TPSA) is 39.6 Å². The fourth-order valence-corrected chi connectivity index (χ4v) is 1.37. The fourth-order valence-electron chi connectivity index (χ4n) is 1.37. The number of rotatable bonds is 0. The molecule has 2 nitrogen and oxygen atoms in total. The van der Waals surface area contributed by atoms with E-state index in [9.17, 15) is 0 Å². The number of nitrogens with one attached hydrogen (secondary N) is 1. The van der Waals surface area contributed by atoms with Crippen molar-refractivity contribution in [1.82, 2.24) is 4.98 Å². The highest BCUT2D eigenvalue weighted by molar-refractivity contribution is 5.85. The summed E-state index contributed by atoms with van der Waals surface area (Å²) >= 11 is 0. The van der Waals surface area contributed by atoms with Gasteiger partial charge in [0.2, 0.25) is 0 Å². The summed E-state index contributed by atoms with van der Waals surface area (Å²) < 4.78 is 0. The highest BCUT2D eigenvalue weighted by atomic mass is 14.7. The maximum Gasteiger partial charge on any atom is 0.0966 e. The van der Waals surface area contributed by atoms with Gasteiger partial charge < -0.3 is 4.98 Å². The number of hydrogen-bond donors (Lipinski definition) is 1. The smallest absolute Gasteiger partial charge is 0.0966 e. The molecule has 0 spiro atoms. The van der Waals surface area contributed by atoms with Gasteiger partial charge in [0.25, 0.3) is 0 Å². The van der Waals surface area contributed by atoms with Crippen LogP contribution in [-0.4, -0.2) is 4.98 Å². The minimum atomic E-state index is 0.279. The lowest BCUT2D eigenvalue weighted by Crippen LogP contribution is -1.75. The molecule has 0 fully saturated rings. The van der Waals surface area contributed by atoms with Gasteiger partial charge in [-0.3, -0.25) is 0 Å². The van der Waals surface area contributed by atoms with Crippen molar-refractivity contribution in [2.75, 3.05) is 0 Å². The van der Waals surface area contributed by atoms with E-state index in [0.717, 1.165) is 16.5 Å². The first-order valence-corrected chi connectivity index (χ1v) is 4.34. The van der Waals surface area contributed by atoms with Crippen LogP contribution in [0.15, 0.2) is 30.5 Å². The zero-order valence-electron chi connectivity index (χ0n) is 7.54. The second-order valence-electron chi connectivity index (χ2n) is 2.88. The molecule has 1 N–H and O–H groups in total. The number of nitrogens with zero attached hydrogens (tertiary/aromatic N) is 1. The fraction of sp³-hybridized carbons (Fsp3) is 0.0833. The van der Waals surface area contributed by atoms with E-state index in [0.29, 0.717) is 0 Å². The first-order valence-electron chi connectivity index (χ1n) is 4.34. The lowest BCUT2D eigenvalue weighted by molar-refractivity contribution is 1.40. The molecule has 0 aliphatic rings. The average Bonchev–Trinajstić information content (AvgIpc) is 2.67. The SMILES string of the molecule is N#CCC#Cc1cccc2[nH]ccc12. The molecule has 2 rings (SSSR count). The average molecular weight is 180 g/mol. The zero-order chi connectivity index (χ0) is 9.80. The van der Waals surface area contributed by atoms with E-state index in [4.69, 9.17) is 5.26 Å². The van der Waals surface area contributed by atoms with Crippen LogP contribution >= 0.6 is 0 Å². The van der Waals surface area contributed by atoms with E-state index in [2.05, 4.69) is 16.8 Å². The van der Waals surface area contributed by atoms with E-state index in [1.165, 1.54) is 0 Å². The largest absolute Gasteiger partial charge is 0.361 e. The van der Waals surface area contributed by atoms with Gasteiger partial charge in [-0.1, -0.05) is 17.9 Å². The van der Waals surface area contributed by atoms with Crippen LogP contribution in [0.5, 0.6) is 0 Å². The van der Waals surface area contributed by atoms with Gasteiger partial charge in [0.1, 0.15) is 0 Å². The van der Waals surface area contributed by atoms with Crippen LogP contribution in [0.3, 0.4) is 0 Å². The van der Waals surface area contributed by atoms with E-state index >= 15 is 0 Å². The van der Waals surface area contributed by atoms with Crippen LogP contribution in [0, 0.1) is 23.2 Å². The molecule has 0 amide bonds. The van der Waals surface area contributed by atoms with Crippen molar-refractivity contribution in [1.29, 1.82) is 5.26 Å². The molecule has 0 saturated carbocycles. The molecule has 0 saturated heterocycles. The first kappa shape index (κ1) is 8.41. The molecular formula is C12H8N2. The highest BCUT2D eigenvalue weighted by Gasteiger charge is 1.96. The minimum Gasteiger partial charge on any atom is -0.361 e. The molecule has 0 aliphatic heterocycles. The third-order valence-electron chi connectivity index (χ3n) is 1.99. The monoisotopic (exact) mass is 180 g/mol. The summed E-state index contributed by atoms with van der Waals surface area (Å²) in [5.41, 5.74) is 2.05. The number of hydrogen-bond acceptors (Lipinski definition) is 1. The van der Waals surface area contributed by atoms with Crippen molar-refractivity contribution >= 4 is 10.9 Å².